The number of carbonyl (C=O) groups is 1. The van der Waals surface area contributed by atoms with Crippen LogP contribution in [0.25, 0.3) is 0 Å². The number of hydrogen-bond donors (Lipinski definition) is 0. The molecule has 3 rings (SSSR count). The third-order valence-corrected chi connectivity index (χ3v) is 4.88. The van der Waals surface area contributed by atoms with Gasteiger partial charge in [0.25, 0.3) is 0 Å². The van der Waals surface area contributed by atoms with E-state index in [4.69, 9.17) is 9.47 Å². The summed E-state index contributed by atoms with van der Waals surface area (Å²) < 4.78 is 10.5. The van der Waals surface area contributed by atoms with Crippen LogP contribution in [0.3, 0.4) is 0 Å². The number of rotatable bonds is 6. The van der Waals surface area contributed by atoms with Gasteiger partial charge in [-0.2, -0.15) is 0 Å². The molecule has 0 radical (unpaired) electrons. The summed E-state index contributed by atoms with van der Waals surface area (Å²) in [6.07, 6.45) is 9.67. The minimum atomic E-state index is -0.199. The molecule has 2 aromatic carbocycles. The van der Waals surface area contributed by atoms with Gasteiger partial charge in [0.15, 0.2) is 0 Å². The van der Waals surface area contributed by atoms with E-state index in [1.165, 1.54) is 11.1 Å². The average Bonchev–Trinajstić information content (AvgIpc) is 2.69. The van der Waals surface area contributed by atoms with Crippen LogP contribution in [0.5, 0.6) is 11.5 Å². The second-order valence-corrected chi connectivity index (χ2v) is 6.84. The molecule has 1 aliphatic heterocycles. The van der Waals surface area contributed by atoms with Gasteiger partial charge in [-0.3, -0.25) is 9.69 Å². The van der Waals surface area contributed by atoms with Crippen LogP contribution in [-0.2, 0) is 17.6 Å². The van der Waals surface area contributed by atoms with Crippen molar-refractivity contribution in [3.05, 3.63) is 84.2 Å². The predicted molar refractivity (Wildman–Crippen MR) is 107 cm³/mol. The fourth-order valence-corrected chi connectivity index (χ4v) is 3.32. The Balaban J connectivity index is 1.87. The van der Waals surface area contributed by atoms with Crippen LogP contribution in [-0.4, -0.2) is 25.0 Å². The molecular formula is C23H25NO3. The quantitative estimate of drug-likeness (QED) is 0.765. The van der Waals surface area contributed by atoms with Crippen molar-refractivity contribution in [1.29, 1.82) is 0 Å². The van der Waals surface area contributed by atoms with Gasteiger partial charge in [0, 0.05) is 24.7 Å². The van der Waals surface area contributed by atoms with Gasteiger partial charge in [0.05, 0.1) is 14.2 Å². The van der Waals surface area contributed by atoms with Crippen molar-refractivity contribution >= 4 is 5.91 Å². The van der Waals surface area contributed by atoms with Crippen LogP contribution in [0, 0.1) is 5.41 Å². The Morgan fingerprint density at radius 2 is 1.22 bits per heavy atom. The summed E-state index contributed by atoms with van der Waals surface area (Å²) >= 11 is 0. The standard InChI is InChI=1S/C23H25NO3/c1-18(25)24-14-12-23(13-15-24,16-19-4-8-21(26-2)9-5-19)17-20-6-10-22(27-3)11-7-20/h4-15H,16-17H2,1-3H3. The molecule has 4 heteroatoms. The van der Waals surface area contributed by atoms with Gasteiger partial charge in [0.2, 0.25) is 5.91 Å². The number of benzene rings is 2. The third-order valence-electron chi connectivity index (χ3n) is 4.88. The summed E-state index contributed by atoms with van der Waals surface area (Å²) in [5, 5.41) is 0. The summed E-state index contributed by atoms with van der Waals surface area (Å²) in [7, 11) is 3.34. The second-order valence-electron chi connectivity index (χ2n) is 6.84. The molecule has 1 heterocycles. The minimum Gasteiger partial charge on any atom is -0.497 e. The normalized spacial score (nSPS) is 14.9. The van der Waals surface area contributed by atoms with Gasteiger partial charge < -0.3 is 9.47 Å². The van der Waals surface area contributed by atoms with Crippen molar-refractivity contribution < 1.29 is 14.3 Å². The topological polar surface area (TPSA) is 38.8 Å². The summed E-state index contributed by atoms with van der Waals surface area (Å²) in [6, 6.07) is 16.3. The highest BCUT2D eigenvalue weighted by atomic mass is 16.5. The zero-order valence-electron chi connectivity index (χ0n) is 16.0. The van der Waals surface area contributed by atoms with E-state index in [0.717, 1.165) is 24.3 Å². The molecule has 0 saturated heterocycles. The Hall–Kier alpha value is -3.01. The van der Waals surface area contributed by atoms with Crippen LogP contribution < -0.4 is 9.47 Å². The summed E-state index contributed by atoms with van der Waals surface area (Å²) in [5.41, 5.74) is 2.24. The molecule has 4 nitrogen and oxygen atoms in total. The molecule has 0 fully saturated rings. The van der Waals surface area contributed by atoms with E-state index in [9.17, 15) is 4.79 Å². The highest BCUT2D eigenvalue weighted by molar-refractivity contribution is 5.75. The Morgan fingerprint density at radius 3 is 1.56 bits per heavy atom. The van der Waals surface area contributed by atoms with Gasteiger partial charge >= 0.3 is 0 Å². The Morgan fingerprint density at radius 1 is 0.815 bits per heavy atom. The molecule has 1 amide bonds. The number of carbonyl (C=O) groups excluding carboxylic acids is 1. The number of amides is 1. The minimum absolute atomic E-state index is 0.00462. The van der Waals surface area contributed by atoms with Gasteiger partial charge in [-0.05, 0) is 48.2 Å². The first-order chi connectivity index (χ1) is 13.0. The van der Waals surface area contributed by atoms with E-state index in [2.05, 4.69) is 36.4 Å². The maximum Gasteiger partial charge on any atom is 0.227 e. The van der Waals surface area contributed by atoms with Crippen molar-refractivity contribution in [2.24, 2.45) is 5.41 Å². The molecule has 0 aromatic heterocycles. The molecule has 1 aliphatic rings. The molecule has 0 bridgehead atoms. The third kappa shape index (κ3) is 4.59. The first kappa shape index (κ1) is 18.8. The highest BCUT2D eigenvalue weighted by Gasteiger charge is 2.28. The summed E-state index contributed by atoms with van der Waals surface area (Å²) in [4.78, 5) is 13.3. The molecule has 140 valence electrons. The van der Waals surface area contributed by atoms with Crippen LogP contribution in [0.15, 0.2) is 73.1 Å². The van der Waals surface area contributed by atoms with Crippen molar-refractivity contribution in [3.63, 3.8) is 0 Å². The largest absolute Gasteiger partial charge is 0.497 e. The molecule has 0 N–H and O–H groups in total. The smallest absolute Gasteiger partial charge is 0.227 e. The molecule has 0 atom stereocenters. The van der Waals surface area contributed by atoms with E-state index >= 15 is 0 Å². The average molecular weight is 363 g/mol. The van der Waals surface area contributed by atoms with E-state index in [1.807, 2.05) is 36.7 Å². The lowest BCUT2D eigenvalue weighted by Crippen LogP contribution is -2.29. The van der Waals surface area contributed by atoms with Crippen molar-refractivity contribution in [3.8, 4) is 11.5 Å². The monoisotopic (exact) mass is 363 g/mol. The first-order valence-electron chi connectivity index (χ1n) is 8.97. The second kappa shape index (κ2) is 8.12. The number of allylic oxidation sites excluding steroid dienone is 2. The van der Waals surface area contributed by atoms with E-state index in [0.29, 0.717) is 0 Å². The molecule has 0 aliphatic carbocycles. The van der Waals surface area contributed by atoms with Crippen LogP contribution in [0.1, 0.15) is 18.1 Å². The van der Waals surface area contributed by atoms with Crippen molar-refractivity contribution in [2.45, 2.75) is 19.8 Å². The van der Waals surface area contributed by atoms with Crippen molar-refractivity contribution in [1.82, 2.24) is 4.90 Å². The molecule has 0 unspecified atom stereocenters. The van der Waals surface area contributed by atoms with Gasteiger partial charge in [-0.25, -0.2) is 0 Å². The summed E-state index contributed by atoms with van der Waals surface area (Å²) in [5.74, 6) is 1.70. The maximum absolute atomic E-state index is 11.7. The van der Waals surface area contributed by atoms with Crippen LogP contribution in [0.4, 0.5) is 0 Å². The number of hydrogen-bond acceptors (Lipinski definition) is 3. The maximum atomic E-state index is 11.7. The van der Waals surface area contributed by atoms with E-state index < -0.39 is 0 Å². The molecular weight excluding hydrogens is 338 g/mol. The molecule has 27 heavy (non-hydrogen) atoms. The van der Waals surface area contributed by atoms with E-state index in [1.54, 1.807) is 26.0 Å². The highest BCUT2D eigenvalue weighted by Crippen LogP contribution is 2.35. The van der Waals surface area contributed by atoms with Gasteiger partial charge in [-0.1, -0.05) is 36.4 Å². The number of methoxy groups -OCH3 is 2. The lowest BCUT2D eigenvalue weighted by Gasteiger charge is -2.32. The predicted octanol–water partition coefficient (Wildman–Crippen LogP) is 4.36. The zero-order chi connectivity index (χ0) is 19.3. The fraction of sp³-hybridized carbons (Fsp3) is 0.261. The number of ether oxygens (including phenoxy) is 2. The Labute approximate surface area is 160 Å². The first-order valence-corrected chi connectivity index (χ1v) is 8.97. The van der Waals surface area contributed by atoms with Crippen molar-refractivity contribution in [2.75, 3.05) is 14.2 Å². The van der Waals surface area contributed by atoms with Gasteiger partial charge in [0.1, 0.15) is 11.5 Å². The van der Waals surface area contributed by atoms with E-state index in [-0.39, 0.29) is 11.3 Å². The summed E-state index contributed by atoms with van der Waals surface area (Å²) in [6.45, 7) is 1.56. The molecule has 2 aromatic rings. The number of nitrogens with zero attached hydrogens (tertiary/aromatic N) is 1. The fourth-order valence-electron chi connectivity index (χ4n) is 3.32. The molecule has 0 saturated carbocycles. The lowest BCUT2D eigenvalue weighted by atomic mass is 9.75. The molecule has 0 spiro atoms. The van der Waals surface area contributed by atoms with Crippen LogP contribution >= 0.6 is 0 Å². The Kier molecular flexibility index (Phi) is 5.65. The zero-order valence-corrected chi connectivity index (χ0v) is 16.0. The van der Waals surface area contributed by atoms with Gasteiger partial charge in [-0.15, -0.1) is 0 Å². The Bertz CT molecular complexity index is 769. The van der Waals surface area contributed by atoms with Crippen LogP contribution in [0.2, 0.25) is 0 Å². The SMILES string of the molecule is COc1ccc(CC2(Cc3ccc(OC)cc3)C=CN(C(C)=O)C=C2)cc1. The lowest BCUT2D eigenvalue weighted by molar-refractivity contribution is -0.124.